The Hall–Kier alpha value is -2.40. The third-order valence-corrected chi connectivity index (χ3v) is 5.00. The average molecular weight is 356 g/mol. The zero-order valence-corrected chi connectivity index (χ0v) is 14.9. The van der Waals surface area contributed by atoms with E-state index in [0.717, 1.165) is 36.1 Å². The molecule has 2 heterocycles. The van der Waals surface area contributed by atoms with Gasteiger partial charge in [0.1, 0.15) is 11.9 Å². The van der Waals surface area contributed by atoms with E-state index in [0.29, 0.717) is 19.5 Å². The molecular weight excluding hydrogens is 331 g/mol. The highest BCUT2D eigenvalue weighted by Gasteiger charge is 2.34. The summed E-state index contributed by atoms with van der Waals surface area (Å²) < 4.78 is 19.1. The maximum Gasteiger partial charge on any atom is 0.410 e. The minimum atomic E-state index is -0.348. The van der Waals surface area contributed by atoms with Crippen LogP contribution in [0.5, 0.6) is 0 Å². The molecule has 138 valence electrons. The van der Waals surface area contributed by atoms with Gasteiger partial charge in [-0.3, -0.25) is 4.90 Å². The number of benzene rings is 1. The second-order valence-corrected chi connectivity index (χ2v) is 6.64. The van der Waals surface area contributed by atoms with Gasteiger partial charge in [0.25, 0.3) is 0 Å². The Morgan fingerprint density at radius 2 is 2.04 bits per heavy atom. The predicted octanol–water partition coefficient (Wildman–Crippen LogP) is 4.13. The maximum absolute atomic E-state index is 13.4. The molecule has 0 spiro atoms. The van der Waals surface area contributed by atoms with E-state index in [1.54, 1.807) is 29.2 Å². The van der Waals surface area contributed by atoms with Crippen molar-refractivity contribution < 1.29 is 13.9 Å². The molecule has 0 radical (unpaired) electrons. The average Bonchev–Trinajstić information content (AvgIpc) is 2.68. The molecule has 0 saturated carbocycles. The fraction of sp³-hybridized carbons (Fsp3) is 0.381. The summed E-state index contributed by atoms with van der Waals surface area (Å²) in [5.41, 5.74) is 2.80. The first-order valence-corrected chi connectivity index (χ1v) is 9.05. The van der Waals surface area contributed by atoms with Crippen molar-refractivity contribution in [3.8, 4) is 0 Å². The van der Waals surface area contributed by atoms with Crippen molar-refractivity contribution in [2.24, 2.45) is 0 Å². The van der Waals surface area contributed by atoms with Crippen LogP contribution in [0.25, 0.3) is 0 Å². The van der Waals surface area contributed by atoms with E-state index in [4.69, 9.17) is 4.74 Å². The number of rotatable bonds is 4. The molecule has 1 fully saturated rings. The Morgan fingerprint density at radius 1 is 1.27 bits per heavy atom. The molecular formula is C21H25FN2O2. The summed E-state index contributed by atoms with van der Waals surface area (Å²) in [5.74, 6) is -0.306. The third-order valence-electron chi connectivity index (χ3n) is 5.00. The van der Waals surface area contributed by atoms with Gasteiger partial charge in [-0.25, -0.2) is 9.18 Å². The van der Waals surface area contributed by atoms with E-state index in [9.17, 15) is 9.18 Å². The number of nitrogens with zero attached hydrogens (tertiary/aromatic N) is 1. The highest BCUT2D eigenvalue weighted by atomic mass is 19.1. The minimum Gasteiger partial charge on any atom is -0.445 e. The number of allylic oxidation sites excluding steroid dienone is 1. The first-order valence-electron chi connectivity index (χ1n) is 9.05. The fourth-order valence-electron chi connectivity index (χ4n) is 3.65. The van der Waals surface area contributed by atoms with E-state index >= 15 is 0 Å². The summed E-state index contributed by atoms with van der Waals surface area (Å²) in [7, 11) is 0. The quantitative estimate of drug-likeness (QED) is 0.882. The topological polar surface area (TPSA) is 41.6 Å². The van der Waals surface area contributed by atoms with Crippen molar-refractivity contribution in [1.82, 2.24) is 10.2 Å². The highest BCUT2D eigenvalue weighted by Crippen LogP contribution is 2.37. The maximum atomic E-state index is 13.4. The van der Waals surface area contributed by atoms with E-state index in [2.05, 4.69) is 18.5 Å². The van der Waals surface area contributed by atoms with Crippen molar-refractivity contribution in [3.05, 3.63) is 72.1 Å². The molecule has 5 heteroatoms. The number of carbonyl (C=O) groups excluding carboxylic acids is 1. The Bertz CT molecular complexity index is 705. The molecule has 1 aromatic rings. The summed E-state index contributed by atoms with van der Waals surface area (Å²) in [6.07, 6.45) is 5.68. The molecule has 26 heavy (non-hydrogen) atoms. The van der Waals surface area contributed by atoms with Gasteiger partial charge in [-0.1, -0.05) is 37.4 Å². The molecule has 1 amide bonds. The Morgan fingerprint density at radius 3 is 2.65 bits per heavy atom. The van der Waals surface area contributed by atoms with Gasteiger partial charge in [0.05, 0.1) is 6.04 Å². The molecule has 1 N–H and O–H groups in total. The van der Waals surface area contributed by atoms with Crippen LogP contribution < -0.4 is 5.32 Å². The minimum absolute atomic E-state index is 0.109. The van der Waals surface area contributed by atoms with E-state index < -0.39 is 0 Å². The second-order valence-electron chi connectivity index (χ2n) is 6.64. The largest absolute Gasteiger partial charge is 0.445 e. The van der Waals surface area contributed by atoms with E-state index in [-0.39, 0.29) is 24.1 Å². The molecule has 4 nitrogen and oxygen atoms in total. The molecule has 1 aromatic carbocycles. The van der Waals surface area contributed by atoms with Crippen LogP contribution in [0.15, 0.2) is 60.7 Å². The molecule has 1 saturated heterocycles. The van der Waals surface area contributed by atoms with Crippen molar-refractivity contribution in [3.63, 3.8) is 0 Å². The summed E-state index contributed by atoms with van der Waals surface area (Å²) >= 11 is 0. The van der Waals surface area contributed by atoms with Crippen LogP contribution in [0.2, 0.25) is 0 Å². The number of carbonyl (C=O) groups is 1. The van der Waals surface area contributed by atoms with E-state index in [1.165, 1.54) is 12.1 Å². The van der Waals surface area contributed by atoms with Crippen LogP contribution in [0.3, 0.4) is 0 Å². The predicted molar refractivity (Wildman–Crippen MR) is 100 cm³/mol. The number of nitrogens with one attached hydrogen (secondary N) is 1. The van der Waals surface area contributed by atoms with Crippen LogP contribution >= 0.6 is 0 Å². The number of amides is 1. The second kappa shape index (κ2) is 8.32. The molecule has 1 unspecified atom stereocenters. The summed E-state index contributed by atoms with van der Waals surface area (Å²) in [5, 5.41) is 3.25. The first-order chi connectivity index (χ1) is 12.6. The lowest BCUT2D eigenvalue weighted by Gasteiger charge is -2.38. The smallest absolute Gasteiger partial charge is 0.410 e. The zero-order chi connectivity index (χ0) is 18.5. The number of halogens is 1. The van der Waals surface area contributed by atoms with Gasteiger partial charge < -0.3 is 10.1 Å². The highest BCUT2D eigenvalue weighted by molar-refractivity contribution is 5.70. The lowest BCUT2D eigenvalue weighted by atomic mass is 9.88. The Balaban J connectivity index is 1.90. The van der Waals surface area contributed by atoms with Crippen LogP contribution in [0.4, 0.5) is 9.18 Å². The van der Waals surface area contributed by atoms with Gasteiger partial charge >= 0.3 is 6.09 Å². The van der Waals surface area contributed by atoms with Crippen LogP contribution in [-0.2, 0) is 4.74 Å². The van der Waals surface area contributed by atoms with Crippen LogP contribution in [-0.4, -0.2) is 36.7 Å². The number of hydrogen-bond donors (Lipinski definition) is 1. The standard InChI is InChI=1S/C21H25FN2O2/c1-3-15-11-13-24(21(25)26-18-6-5-12-23-14-18)20(19(15)4-2)16-7-9-17(22)10-8-16/h3-4,7-10,18,20,23H,1-2,5-6,11-14H2/t18?,20-/m0/s1. The number of ether oxygens (including phenoxy) is 1. The van der Waals surface area contributed by atoms with Gasteiger partial charge in [-0.05, 0) is 54.6 Å². The molecule has 2 aliphatic rings. The van der Waals surface area contributed by atoms with E-state index in [1.807, 2.05) is 0 Å². The van der Waals surface area contributed by atoms with Crippen LogP contribution in [0.1, 0.15) is 30.9 Å². The normalized spacial score (nSPS) is 23.5. The van der Waals surface area contributed by atoms with Gasteiger partial charge in [0, 0.05) is 13.1 Å². The van der Waals surface area contributed by atoms with Crippen molar-refractivity contribution >= 4 is 6.09 Å². The summed E-state index contributed by atoms with van der Waals surface area (Å²) in [4.78, 5) is 14.6. The fourth-order valence-corrected chi connectivity index (χ4v) is 3.65. The molecule has 3 rings (SSSR count). The van der Waals surface area contributed by atoms with Gasteiger partial charge in [0.2, 0.25) is 0 Å². The lowest BCUT2D eigenvalue weighted by molar-refractivity contribution is 0.0433. The number of piperidine rings is 1. The van der Waals surface area contributed by atoms with Crippen molar-refractivity contribution in [1.29, 1.82) is 0 Å². The van der Waals surface area contributed by atoms with Gasteiger partial charge in [0.15, 0.2) is 0 Å². The monoisotopic (exact) mass is 356 g/mol. The zero-order valence-electron chi connectivity index (χ0n) is 14.9. The third kappa shape index (κ3) is 3.88. The molecule has 0 aromatic heterocycles. The molecule has 0 bridgehead atoms. The van der Waals surface area contributed by atoms with Crippen molar-refractivity contribution in [2.45, 2.75) is 31.4 Å². The Labute approximate surface area is 154 Å². The van der Waals surface area contributed by atoms with Crippen LogP contribution in [0, 0.1) is 5.82 Å². The molecule has 0 aliphatic carbocycles. The summed E-state index contributed by atoms with van der Waals surface area (Å²) in [6.45, 7) is 9.97. The Kier molecular flexibility index (Phi) is 5.89. The summed E-state index contributed by atoms with van der Waals surface area (Å²) in [6, 6.07) is 5.88. The first kappa shape index (κ1) is 18.4. The molecule has 2 aliphatic heterocycles. The van der Waals surface area contributed by atoms with Gasteiger partial charge in [-0.2, -0.15) is 0 Å². The number of hydrogen-bond acceptors (Lipinski definition) is 3. The lowest BCUT2D eigenvalue weighted by Crippen LogP contribution is -2.44. The molecule has 2 atom stereocenters. The van der Waals surface area contributed by atoms with Gasteiger partial charge in [-0.15, -0.1) is 0 Å². The van der Waals surface area contributed by atoms with Crippen molar-refractivity contribution in [2.75, 3.05) is 19.6 Å². The SMILES string of the molecule is C=CC1=C(C=C)[C@H](c2ccc(F)cc2)N(C(=O)OC2CCCNC2)CC1.